The first-order valence-corrected chi connectivity index (χ1v) is 22.7. The Labute approximate surface area is 362 Å². The summed E-state index contributed by atoms with van der Waals surface area (Å²) in [5.74, 6) is -6.55. The summed E-state index contributed by atoms with van der Waals surface area (Å²) in [6, 6.07) is 24.2. The molecule has 2 aliphatic heterocycles. The van der Waals surface area contributed by atoms with Crippen LogP contribution in [0.2, 0.25) is 11.4 Å². The summed E-state index contributed by atoms with van der Waals surface area (Å²) >= 11 is 0. The average Bonchev–Trinajstić information content (AvgIpc) is 3.48. The van der Waals surface area contributed by atoms with Gasteiger partial charge < -0.3 is 19.2 Å². The van der Waals surface area contributed by atoms with Crippen LogP contribution in [-0.2, 0) is 31.0 Å². The van der Waals surface area contributed by atoms with E-state index in [0.29, 0.717) is 46.6 Å². The number of alkyl halides is 6. The highest BCUT2D eigenvalue weighted by Gasteiger charge is 2.59. The van der Waals surface area contributed by atoms with Gasteiger partial charge in [-0.25, -0.2) is 9.29 Å². The molecule has 2 N–H and O–H groups in total. The number of carbonyl (C=O) groups excluding carboxylic acids is 2. The van der Waals surface area contributed by atoms with Gasteiger partial charge in [-0.3, -0.25) is 9.59 Å². The number of carbonyl (C=O) groups is 2. The van der Waals surface area contributed by atoms with Gasteiger partial charge in [0.05, 0.1) is 41.4 Å². The van der Waals surface area contributed by atoms with Crippen molar-refractivity contribution in [3.05, 3.63) is 136 Å². The first kappa shape index (κ1) is 46.0. The summed E-state index contributed by atoms with van der Waals surface area (Å²) in [6.45, 7) is 8.09. The van der Waals surface area contributed by atoms with E-state index >= 15 is 0 Å². The third-order valence-electron chi connectivity index (χ3n) is 12.5. The molecule has 3 aliphatic rings. The van der Waals surface area contributed by atoms with E-state index in [1.165, 1.54) is 12.1 Å². The molecule has 332 valence electrons. The Morgan fingerprint density at radius 1 is 0.857 bits per heavy atom. The molecule has 0 radical (unpaired) electrons. The summed E-state index contributed by atoms with van der Waals surface area (Å²) < 4.78 is 112. The van der Waals surface area contributed by atoms with Crippen LogP contribution in [0.15, 0.2) is 114 Å². The van der Waals surface area contributed by atoms with Gasteiger partial charge in [0.25, 0.3) is 8.32 Å². The molecule has 2 fully saturated rings. The molecular weight excluding hydrogens is 846 g/mol. The van der Waals surface area contributed by atoms with Crippen molar-refractivity contribution < 1.29 is 59.5 Å². The normalized spacial score (nSPS) is 21.2. The van der Waals surface area contributed by atoms with Crippen molar-refractivity contribution in [3.63, 3.8) is 0 Å². The lowest BCUT2D eigenvalue weighted by molar-refractivity contribution is -0.143. The Morgan fingerprint density at radius 3 is 1.97 bits per heavy atom. The van der Waals surface area contributed by atoms with Crippen molar-refractivity contribution in [2.24, 2.45) is 17.8 Å². The number of rotatable bonds is 11. The van der Waals surface area contributed by atoms with Crippen LogP contribution < -0.4 is 15.3 Å². The smallest absolute Gasteiger partial charge is 0.455 e. The second-order valence-corrected chi connectivity index (χ2v) is 21.8. The second-order valence-electron chi connectivity index (χ2n) is 17.5. The molecule has 7 nitrogen and oxygen atoms in total. The Balaban J connectivity index is 1.34. The van der Waals surface area contributed by atoms with Crippen molar-refractivity contribution in [1.29, 1.82) is 0 Å². The lowest BCUT2D eigenvalue weighted by Gasteiger charge is -2.46. The average molecular weight is 894 g/mol. The number of phenolic OH excluding ortho intramolecular Hbond substituents is 1. The number of anilines is 1. The van der Waals surface area contributed by atoms with E-state index in [1.807, 2.05) is 67.6 Å². The molecule has 16 heteroatoms. The Hall–Kier alpha value is -5.03. The van der Waals surface area contributed by atoms with Crippen molar-refractivity contribution in [3.8, 4) is 5.75 Å². The lowest BCUT2D eigenvalue weighted by Crippen LogP contribution is -2.66. The van der Waals surface area contributed by atoms with E-state index in [9.17, 15) is 50.5 Å². The molecule has 2 saturated heterocycles. The third-order valence-corrected chi connectivity index (χ3v) is 17.5. The predicted octanol–water partition coefficient (Wildman–Crippen LogP) is 9.72. The van der Waals surface area contributed by atoms with Gasteiger partial charge in [-0.05, 0) is 100 Å². The molecule has 4 aromatic rings. The summed E-state index contributed by atoms with van der Waals surface area (Å²) in [5, 5.41) is 22.4. The number of aromatic hydroxyl groups is 1. The van der Waals surface area contributed by atoms with Crippen molar-refractivity contribution >= 4 is 49.4 Å². The molecule has 63 heavy (non-hydrogen) atoms. The zero-order valence-corrected chi connectivity index (χ0v) is 36.1. The summed E-state index contributed by atoms with van der Waals surface area (Å²) in [7, 11) is -4.70. The summed E-state index contributed by atoms with van der Waals surface area (Å²) in [4.78, 5) is 29.5. The maximum atomic E-state index is 14.5. The van der Waals surface area contributed by atoms with E-state index in [-0.39, 0.29) is 31.8 Å². The second kappa shape index (κ2) is 17.5. The SMILES string of the molecule is CC/C(=C\c1ccc(O)c(F)c1)CC[C@H]1OB(O)C[C@H]2C1=C(CO[Si](c1ccccc1)(c1ccccc1)C(C)(C)C)C[C@H]1C(=O)N(c3cc(C(F)(F)F)cc(C(F)(F)F)c3)C(=O)[C@H]12. The van der Waals surface area contributed by atoms with E-state index in [2.05, 4.69) is 20.8 Å². The van der Waals surface area contributed by atoms with Gasteiger partial charge in [-0.15, -0.1) is 0 Å². The van der Waals surface area contributed by atoms with Crippen molar-refractivity contribution in [2.45, 2.75) is 83.2 Å². The number of allylic oxidation sites excluding steroid dienone is 1. The van der Waals surface area contributed by atoms with Crippen LogP contribution >= 0.6 is 0 Å². The highest BCUT2D eigenvalue weighted by atomic mass is 28.4. The first-order chi connectivity index (χ1) is 29.6. The van der Waals surface area contributed by atoms with E-state index in [4.69, 9.17) is 9.08 Å². The zero-order valence-electron chi connectivity index (χ0n) is 35.1. The number of amides is 2. The third kappa shape index (κ3) is 9.04. The molecule has 7 rings (SSSR count). The number of nitrogens with zero attached hydrogens (tertiary/aromatic N) is 1. The summed E-state index contributed by atoms with van der Waals surface area (Å²) in [5.41, 5.74) is -1.63. The summed E-state index contributed by atoms with van der Waals surface area (Å²) in [6.07, 6.45) is -8.67. The van der Waals surface area contributed by atoms with Gasteiger partial charge in [0.15, 0.2) is 11.6 Å². The van der Waals surface area contributed by atoms with Gasteiger partial charge in [0, 0.05) is 0 Å². The maximum absolute atomic E-state index is 14.5. The van der Waals surface area contributed by atoms with Crippen LogP contribution in [-0.4, -0.2) is 50.1 Å². The van der Waals surface area contributed by atoms with Crippen LogP contribution in [0.25, 0.3) is 6.08 Å². The van der Waals surface area contributed by atoms with Crippen LogP contribution in [0, 0.1) is 23.6 Å². The maximum Gasteiger partial charge on any atom is 0.455 e. The van der Waals surface area contributed by atoms with Gasteiger partial charge in [0.2, 0.25) is 11.8 Å². The van der Waals surface area contributed by atoms with Crippen molar-refractivity contribution in [1.82, 2.24) is 0 Å². The number of imide groups is 1. The Bertz CT molecular complexity index is 2350. The molecule has 0 aromatic heterocycles. The van der Waals surface area contributed by atoms with Crippen LogP contribution in [0.5, 0.6) is 5.75 Å². The molecule has 0 spiro atoms. The quantitative estimate of drug-likeness (QED) is 0.0675. The van der Waals surface area contributed by atoms with Gasteiger partial charge >= 0.3 is 19.5 Å². The number of hydrogen-bond acceptors (Lipinski definition) is 6. The molecule has 0 bridgehead atoms. The minimum atomic E-state index is -5.23. The lowest BCUT2D eigenvalue weighted by atomic mass is 9.58. The number of hydrogen-bond donors (Lipinski definition) is 2. The largest absolute Gasteiger partial charge is 0.505 e. The first-order valence-electron chi connectivity index (χ1n) is 20.8. The standard InChI is InChI=1S/C47H47BF7NO6Si/c1-5-28(20-29-16-18-39(57)38(49)21-29)17-19-40-41-30(27-61-63(45(2,3)4,34-12-8-6-9-13-34)35-14-10-7-11-15-35)22-36-42(37(41)26-48(60)62-40)44(59)56(43(36)58)33-24-31(46(50,51)52)23-32(25-33)47(53,54)55/h6-16,18,20-21,23-25,36-37,40,42,57,60H,5,17,19,22,26-27H2,1-4H3/b28-20+/t36-,37+,40-,42-/m1/s1. The highest BCUT2D eigenvalue weighted by Crippen LogP contribution is 2.52. The molecule has 4 aromatic carbocycles. The van der Waals surface area contributed by atoms with Crippen LogP contribution in [0.4, 0.5) is 36.4 Å². The molecule has 2 amide bonds. The molecule has 4 atom stereocenters. The molecule has 0 unspecified atom stereocenters. The number of halogens is 7. The monoisotopic (exact) mass is 893 g/mol. The fraction of sp³-hybridized carbons (Fsp3) is 0.362. The van der Waals surface area contributed by atoms with E-state index in [1.54, 1.807) is 12.1 Å². The molecule has 2 heterocycles. The molecule has 1 aliphatic carbocycles. The predicted molar refractivity (Wildman–Crippen MR) is 228 cm³/mol. The highest BCUT2D eigenvalue weighted by molar-refractivity contribution is 6.99. The minimum Gasteiger partial charge on any atom is -0.505 e. The fourth-order valence-electron chi connectivity index (χ4n) is 9.69. The molecule has 0 saturated carbocycles. The fourth-order valence-corrected chi connectivity index (χ4v) is 14.2. The van der Waals surface area contributed by atoms with E-state index in [0.717, 1.165) is 15.9 Å². The zero-order chi connectivity index (χ0) is 45.6. The van der Waals surface area contributed by atoms with Gasteiger partial charge in [0.1, 0.15) is 0 Å². The van der Waals surface area contributed by atoms with Crippen LogP contribution in [0.3, 0.4) is 0 Å². The van der Waals surface area contributed by atoms with E-state index < -0.39 is 96.9 Å². The Morgan fingerprint density at radius 2 is 1.44 bits per heavy atom. The minimum absolute atomic E-state index is 0.0574. The topological polar surface area (TPSA) is 96.3 Å². The number of fused-ring (bicyclic) bond motifs is 3. The number of benzene rings is 4. The Kier molecular flexibility index (Phi) is 12.8. The van der Waals surface area contributed by atoms with Gasteiger partial charge in [-0.1, -0.05) is 106 Å². The number of phenols is 1. The van der Waals surface area contributed by atoms with Crippen molar-refractivity contribution in [2.75, 3.05) is 11.5 Å². The van der Waals surface area contributed by atoms with Gasteiger partial charge in [-0.2, -0.15) is 26.3 Å². The molecular formula is C47H47BF7NO6Si. The van der Waals surface area contributed by atoms with Crippen LogP contribution in [0.1, 0.15) is 70.1 Å².